The molecule has 4 nitrogen and oxygen atoms in total. The van der Waals surface area contributed by atoms with Gasteiger partial charge in [0.05, 0.1) is 4.47 Å². The molecular formula is C13H14BrFN2O2. The zero-order chi connectivity index (χ0) is 14.0. The second-order valence-corrected chi connectivity index (χ2v) is 5.98. The second kappa shape index (κ2) is 5.28. The van der Waals surface area contributed by atoms with Gasteiger partial charge in [0.1, 0.15) is 11.6 Å². The van der Waals surface area contributed by atoms with Crippen molar-refractivity contribution in [2.45, 2.75) is 32.8 Å². The lowest BCUT2D eigenvalue weighted by atomic mass is 9.96. The number of rotatable bonds is 3. The van der Waals surface area contributed by atoms with E-state index in [1.54, 1.807) is 6.07 Å². The highest BCUT2D eigenvalue weighted by atomic mass is 79.9. The second-order valence-electron chi connectivity index (χ2n) is 5.13. The summed E-state index contributed by atoms with van der Waals surface area (Å²) in [6.07, 6.45) is 0. The molecule has 1 heterocycles. The molecule has 0 aliphatic heterocycles. The van der Waals surface area contributed by atoms with Gasteiger partial charge in [0, 0.05) is 5.41 Å². The van der Waals surface area contributed by atoms with E-state index in [1.807, 2.05) is 20.8 Å². The van der Waals surface area contributed by atoms with Gasteiger partial charge in [-0.15, -0.1) is 0 Å². The highest BCUT2D eigenvalue weighted by Crippen LogP contribution is 2.26. The van der Waals surface area contributed by atoms with Crippen molar-refractivity contribution in [2.24, 2.45) is 0 Å². The van der Waals surface area contributed by atoms with Crippen LogP contribution in [-0.4, -0.2) is 10.1 Å². The fourth-order valence-corrected chi connectivity index (χ4v) is 1.82. The van der Waals surface area contributed by atoms with Crippen LogP contribution in [0, 0.1) is 5.82 Å². The van der Waals surface area contributed by atoms with E-state index in [1.165, 1.54) is 12.1 Å². The molecule has 2 aromatic rings. The molecule has 102 valence electrons. The molecule has 0 radical (unpaired) electrons. The van der Waals surface area contributed by atoms with Gasteiger partial charge in [-0.3, -0.25) is 0 Å². The van der Waals surface area contributed by atoms with Crippen LogP contribution in [0.5, 0.6) is 5.75 Å². The molecule has 0 saturated carbocycles. The standard InChI is InChI=1S/C13H14BrFN2O2/c1-13(2,3)12-16-11(19-17-12)7-18-10-5-4-8(15)6-9(10)14/h4-6H,7H2,1-3H3. The highest BCUT2D eigenvalue weighted by Gasteiger charge is 2.21. The zero-order valence-corrected chi connectivity index (χ0v) is 12.5. The Hall–Kier alpha value is -1.43. The van der Waals surface area contributed by atoms with Crippen molar-refractivity contribution in [2.75, 3.05) is 0 Å². The molecule has 0 unspecified atom stereocenters. The Morgan fingerprint density at radius 3 is 2.68 bits per heavy atom. The van der Waals surface area contributed by atoms with E-state index < -0.39 is 0 Å². The number of nitrogens with zero attached hydrogens (tertiary/aromatic N) is 2. The van der Waals surface area contributed by atoms with Crippen LogP contribution in [0.3, 0.4) is 0 Å². The van der Waals surface area contributed by atoms with Crippen molar-refractivity contribution in [1.29, 1.82) is 0 Å². The number of ether oxygens (including phenoxy) is 1. The fourth-order valence-electron chi connectivity index (χ4n) is 1.35. The van der Waals surface area contributed by atoms with E-state index in [4.69, 9.17) is 9.26 Å². The largest absolute Gasteiger partial charge is 0.483 e. The zero-order valence-electron chi connectivity index (χ0n) is 10.9. The minimum atomic E-state index is -0.327. The van der Waals surface area contributed by atoms with E-state index in [0.29, 0.717) is 21.9 Å². The maximum absolute atomic E-state index is 12.9. The lowest BCUT2D eigenvalue weighted by Gasteiger charge is -2.10. The first kappa shape index (κ1) is 14.0. The first-order valence-corrected chi connectivity index (χ1v) is 6.56. The maximum atomic E-state index is 12.9. The third kappa shape index (κ3) is 3.53. The van der Waals surface area contributed by atoms with Gasteiger partial charge in [0.25, 0.3) is 5.89 Å². The molecule has 6 heteroatoms. The summed E-state index contributed by atoms with van der Waals surface area (Å²) in [5.41, 5.74) is -0.168. The molecule has 0 aliphatic carbocycles. The highest BCUT2D eigenvalue weighted by molar-refractivity contribution is 9.10. The molecule has 0 saturated heterocycles. The van der Waals surface area contributed by atoms with E-state index in [2.05, 4.69) is 26.1 Å². The third-order valence-corrected chi connectivity index (χ3v) is 3.00. The third-order valence-electron chi connectivity index (χ3n) is 2.38. The number of hydrogen-bond donors (Lipinski definition) is 0. The summed E-state index contributed by atoms with van der Waals surface area (Å²) in [6, 6.07) is 4.21. The van der Waals surface area contributed by atoms with Gasteiger partial charge < -0.3 is 9.26 Å². The lowest BCUT2D eigenvalue weighted by Crippen LogP contribution is -2.13. The molecule has 19 heavy (non-hydrogen) atoms. The van der Waals surface area contributed by atoms with Gasteiger partial charge in [-0.1, -0.05) is 25.9 Å². The lowest BCUT2D eigenvalue weighted by molar-refractivity contribution is 0.240. The van der Waals surface area contributed by atoms with Gasteiger partial charge in [-0.25, -0.2) is 4.39 Å². The molecule has 0 atom stereocenters. The number of benzene rings is 1. The van der Waals surface area contributed by atoms with Gasteiger partial charge in [0.2, 0.25) is 0 Å². The summed E-state index contributed by atoms with van der Waals surface area (Å²) in [5.74, 6) is 1.22. The van der Waals surface area contributed by atoms with Crippen LogP contribution in [0.2, 0.25) is 0 Å². The normalized spacial score (nSPS) is 11.6. The Labute approximate surface area is 119 Å². The summed E-state index contributed by atoms with van der Waals surface area (Å²) >= 11 is 3.23. The molecule has 0 fully saturated rings. The summed E-state index contributed by atoms with van der Waals surface area (Å²) in [5, 5.41) is 3.90. The smallest absolute Gasteiger partial charge is 0.264 e. The minimum absolute atomic E-state index is 0.146. The van der Waals surface area contributed by atoms with E-state index in [-0.39, 0.29) is 17.8 Å². The SMILES string of the molecule is CC(C)(C)c1noc(COc2ccc(F)cc2Br)n1. The van der Waals surface area contributed by atoms with Crippen molar-refractivity contribution in [3.05, 3.63) is 40.2 Å². The van der Waals surface area contributed by atoms with E-state index in [0.717, 1.165) is 0 Å². The molecular weight excluding hydrogens is 315 g/mol. The Morgan fingerprint density at radius 1 is 1.37 bits per heavy atom. The van der Waals surface area contributed by atoms with Crippen LogP contribution < -0.4 is 4.74 Å². The molecule has 1 aromatic carbocycles. The molecule has 0 aliphatic rings. The average molecular weight is 329 g/mol. The first-order chi connectivity index (χ1) is 8.86. The van der Waals surface area contributed by atoms with Crippen LogP contribution in [-0.2, 0) is 12.0 Å². The Balaban J connectivity index is 2.04. The Morgan fingerprint density at radius 2 is 2.11 bits per heavy atom. The van der Waals surface area contributed by atoms with Gasteiger partial charge >= 0.3 is 0 Å². The molecule has 0 amide bonds. The van der Waals surface area contributed by atoms with Gasteiger partial charge in [-0.05, 0) is 34.1 Å². The van der Waals surface area contributed by atoms with Crippen LogP contribution >= 0.6 is 15.9 Å². The predicted octanol–water partition coefficient (Wildman–Crippen LogP) is 3.85. The summed E-state index contributed by atoms with van der Waals surface area (Å²) in [6.45, 7) is 6.14. The molecule has 2 rings (SSSR count). The molecule has 0 N–H and O–H groups in total. The van der Waals surface area contributed by atoms with Crippen LogP contribution in [0.1, 0.15) is 32.5 Å². The van der Waals surface area contributed by atoms with Crippen LogP contribution in [0.15, 0.2) is 27.2 Å². The number of aromatic nitrogens is 2. The molecule has 1 aromatic heterocycles. The predicted molar refractivity (Wildman–Crippen MR) is 71.4 cm³/mol. The first-order valence-electron chi connectivity index (χ1n) is 5.77. The number of hydrogen-bond acceptors (Lipinski definition) is 4. The average Bonchev–Trinajstić information content (AvgIpc) is 2.76. The fraction of sp³-hybridized carbons (Fsp3) is 0.385. The van der Waals surface area contributed by atoms with Crippen molar-refractivity contribution >= 4 is 15.9 Å². The van der Waals surface area contributed by atoms with Crippen molar-refractivity contribution in [3.63, 3.8) is 0 Å². The van der Waals surface area contributed by atoms with Crippen molar-refractivity contribution < 1.29 is 13.7 Å². The quantitative estimate of drug-likeness (QED) is 0.858. The van der Waals surface area contributed by atoms with Gasteiger partial charge in [-0.2, -0.15) is 4.98 Å². The number of halogens is 2. The Bertz CT molecular complexity index is 578. The summed E-state index contributed by atoms with van der Waals surface area (Å²) in [7, 11) is 0. The topological polar surface area (TPSA) is 48.2 Å². The van der Waals surface area contributed by atoms with Crippen molar-refractivity contribution in [3.8, 4) is 5.75 Å². The summed E-state index contributed by atoms with van der Waals surface area (Å²) in [4.78, 5) is 4.25. The summed E-state index contributed by atoms with van der Waals surface area (Å²) < 4.78 is 24.1. The van der Waals surface area contributed by atoms with Crippen LogP contribution in [0.4, 0.5) is 4.39 Å². The monoisotopic (exact) mass is 328 g/mol. The van der Waals surface area contributed by atoms with Gasteiger partial charge in [0.15, 0.2) is 12.4 Å². The van der Waals surface area contributed by atoms with Crippen LogP contribution in [0.25, 0.3) is 0 Å². The van der Waals surface area contributed by atoms with E-state index >= 15 is 0 Å². The maximum Gasteiger partial charge on any atom is 0.264 e. The molecule has 0 spiro atoms. The molecule has 0 bridgehead atoms. The van der Waals surface area contributed by atoms with E-state index in [9.17, 15) is 4.39 Å². The Kier molecular flexibility index (Phi) is 3.89. The van der Waals surface area contributed by atoms with Crippen molar-refractivity contribution in [1.82, 2.24) is 10.1 Å². The minimum Gasteiger partial charge on any atom is -0.483 e.